The van der Waals surface area contributed by atoms with Crippen LogP contribution in [0.1, 0.15) is 51.4 Å². The quantitative estimate of drug-likeness (QED) is 0.246. The normalized spacial score (nSPS) is 31.3. The number of halogens is 1. The lowest BCUT2D eigenvalue weighted by Gasteiger charge is -2.29. The van der Waals surface area contributed by atoms with Crippen LogP contribution < -0.4 is 0 Å². The third-order valence-corrected chi connectivity index (χ3v) is 5.82. The molecule has 1 unspecified atom stereocenters. The highest BCUT2D eigenvalue weighted by Crippen LogP contribution is 2.41. The smallest absolute Gasteiger partial charge is 0.306 e. The lowest BCUT2D eigenvalue weighted by atomic mass is 9.92. The minimum absolute atomic E-state index is 0.00530. The van der Waals surface area contributed by atoms with Crippen molar-refractivity contribution < 1.29 is 24.1 Å². The van der Waals surface area contributed by atoms with Gasteiger partial charge in [-0.3, -0.25) is 4.79 Å². The Bertz CT molecular complexity index is 475. The van der Waals surface area contributed by atoms with E-state index in [-0.39, 0.29) is 48.8 Å². The number of alkyl halides is 1. The Kier molecular flexibility index (Phi) is 10.4. The molecule has 0 bridgehead atoms. The number of unbranched alkanes of at least 4 members (excludes halogenated alkanes) is 1. The summed E-state index contributed by atoms with van der Waals surface area (Å²) in [6.45, 7) is 4.61. The van der Waals surface area contributed by atoms with Gasteiger partial charge in [0.2, 0.25) is 0 Å². The molecule has 0 aromatic heterocycles. The van der Waals surface area contributed by atoms with E-state index in [0.29, 0.717) is 6.42 Å². The Labute approximate surface area is 167 Å². The van der Waals surface area contributed by atoms with Crippen LogP contribution in [0.15, 0.2) is 24.8 Å². The summed E-state index contributed by atoms with van der Waals surface area (Å²) >= 11 is 6.56. The summed E-state index contributed by atoms with van der Waals surface area (Å²) in [5.41, 5.74) is 0. The number of ether oxygens (including phenoxy) is 3. The zero-order valence-electron chi connectivity index (χ0n) is 16.1. The second-order valence-corrected chi connectivity index (χ2v) is 7.86. The number of hydrogen-bond acceptors (Lipinski definition) is 5. The van der Waals surface area contributed by atoms with E-state index in [4.69, 9.17) is 25.8 Å². The summed E-state index contributed by atoms with van der Waals surface area (Å²) in [5, 5.41) is 9.86. The summed E-state index contributed by atoms with van der Waals surface area (Å²) in [4.78, 5) is 11.4. The molecule has 1 N–H and O–H groups in total. The van der Waals surface area contributed by atoms with Crippen molar-refractivity contribution >= 4 is 17.6 Å². The topological polar surface area (TPSA) is 65.0 Å². The predicted octanol–water partition coefficient (Wildman–Crippen LogP) is 3.98. The highest BCUT2D eigenvalue weighted by Gasteiger charge is 2.43. The molecule has 2 rings (SSSR count). The van der Waals surface area contributed by atoms with Crippen molar-refractivity contribution in [3.05, 3.63) is 24.8 Å². The summed E-state index contributed by atoms with van der Waals surface area (Å²) in [5.74, 6) is 0.0424. The Morgan fingerprint density at radius 3 is 2.85 bits per heavy atom. The van der Waals surface area contributed by atoms with Gasteiger partial charge in [-0.2, -0.15) is 0 Å². The van der Waals surface area contributed by atoms with Crippen molar-refractivity contribution in [2.75, 3.05) is 19.8 Å². The average molecular weight is 401 g/mol. The van der Waals surface area contributed by atoms with E-state index in [9.17, 15) is 9.90 Å². The fraction of sp³-hybridized carbons (Fsp3) is 0.762. The van der Waals surface area contributed by atoms with Crippen LogP contribution in [0.2, 0.25) is 0 Å². The van der Waals surface area contributed by atoms with Crippen LogP contribution in [-0.4, -0.2) is 48.7 Å². The molecule has 0 aromatic carbocycles. The number of aliphatic hydroxyl groups excluding tert-OH is 1. The molecule has 0 aromatic rings. The molecule has 154 valence electrons. The Balaban J connectivity index is 1.71. The van der Waals surface area contributed by atoms with Crippen molar-refractivity contribution in [2.45, 2.75) is 69.1 Å². The maximum Gasteiger partial charge on any atom is 0.306 e. The van der Waals surface area contributed by atoms with Gasteiger partial charge in [-0.25, -0.2) is 0 Å². The third-order valence-electron chi connectivity index (χ3n) is 5.31. The summed E-state index contributed by atoms with van der Waals surface area (Å²) in [6.07, 6.45) is 12.2. The van der Waals surface area contributed by atoms with Gasteiger partial charge in [-0.15, -0.1) is 11.6 Å². The predicted molar refractivity (Wildman–Crippen MR) is 106 cm³/mol. The molecule has 27 heavy (non-hydrogen) atoms. The van der Waals surface area contributed by atoms with E-state index in [2.05, 4.69) is 18.7 Å². The lowest BCUT2D eigenvalue weighted by molar-refractivity contribution is -0.197. The molecular weight excluding hydrogens is 368 g/mol. The van der Waals surface area contributed by atoms with Crippen molar-refractivity contribution in [3.8, 4) is 0 Å². The van der Waals surface area contributed by atoms with Crippen LogP contribution in [0, 0.1) is 11.8 Å². The summed E-state index contributed by atoms with van der Waals surface area (Å²) < 4.78 is 16.7. The molecule has 5 nitrogen and oxygen atoms in total. The Morgan fingerprint density at radius 2 is 2.15 bits per heavy atom. The van der Waals surface area contributed by atoms with Crippen molar-refractivity contribution in [3.63, 3.8) is 0 Å². The van der Waals surface area contributed by atoms with Crippen LogP contribution in [0.5, 0.6) is 0 Å². The van der Waals surface area contributed by atoms with E-state index in [1.165, 1.54) is 0 Å². The fourth-order valence-electron chi connectivity index (χ4n) is 3.82. The lowest BCUT2D eigenvalue weighted by Crippen LogP contribution is -2.32. The van der Waals surface area contributed by atoms with Crippen LogP contribution in [0.4, 0.5) is 0 Å². The van der Waals surface area contributed by atoms with E-state index in [0.717, 1.165) is 51.6 Å². The van der Waals surface area contributed by atoms with E-state index >= 15 is 0 Å². The molecule has 2 fully saturated rings. The number of aliphatic hydroxyl groups is 1. The first-order valence-electron chi connectivity index (χ1n) is 10.1. The maximum absolute atomic E-state index is 11.4. The van der Waals surface area contributed by atoms with Gasteiger partial charge in [0.15, 0.2) is 6.29 Å². The second-order valence-electron chi connectivity index (χ2n) is 7.30. The molecule has 1 heterocycles. The highest BCUT2D eigenvalue weighted by molar-refractivity contribution is 6.21. The van der Waals surface area contributed by atoms with Crippen LogP contribution in [0.25, 0.3) is 0 Å². The molecular formula is C21H33ClO5. The molecule has 1 aliphatic carbocycles. The van der Waals surface area contributed by atoms with Crippen LogP contribution in [0.3, 0.4) is 0 Å². The molecule has 5 atom stereocenters. The number of carbonyl (C=O) groups is 1. The van der Waals surface area contributed by atoms with Gasteiger partial charge < -0.3 is 19.3 Å². The first-order chi connectivity index (χ1) is 13.2. The summed E-state index contributed by atoms with van der Waals surface area (Å²) in [7, 11) is 0. The van der Waals surface area contributed by atoms with Gasteiger partial charge in [0, 0.05) is 30.9 Å². The minimum atomic E-state index is -0.190. The molecule has 0 amide bonds. The molecule has 1 aliphatic heterocycles. The van der Waals surface area contributed by atoms with Crippen molar-refractivity contribution in [1.82, 2.24) is 0 Å². The van der Waals surface area contributed by atoms with E-state index < -0.39 is 0 Å². The number of esters is 1. The Morgan fingerprint density at radius 1 is 1.30 bits per heavy atom. The summed E-state index contributed by atoms with van der Waals surface area (Å²) in [6, 6.07) is 0. The molecule has 6 heteroatoms. The molecule has 2 aliphatic rings. The van der Waals surface area contributed by atoms with Gasteiger partial charge in [0.1, 0.15) is 6.61 Å². The number of hydrogen-bond donors (Lipinski definition) is 1. The molecule has 0 radical (unpaired) electrons. The van der Waals surface area contributed by atoms with Crippen LogP contribution in [-0.2, 0) is 19.0 Å². The zero-order valence-corrected chi connectivity index (χ0v) is 16.8. The molecule has 1 saturated carbocycles. The number of rotatable bonds is 11. The largest absolute Gasteiger partial charge is 0.461 e. The first-order valence-corrected chi connectivity index (χ1v) is 10.5. The third kappa shape index (κ3) is 7.57. The van der Waals surface area contributed by atoms with Gasteiger partial charge in [0.05, 0.1) is 6.10 Å². The Hall–Kier alpha value is -0.880. The van der Waals surface area contributed by atoms with Gasteiger partial charge in [-0.1, -0.05) is 24.8 Å². The first kappa shape index (κ1) is 22.4. The van der Waals surface area contributed by atoms with Crippen LogP contribution >= 0.6 is 11.6 Å². The molecule has 1 saturated heterocycles. The van der Waals surface area contributed by atoms with Crippen molar-refractivity contribution in [1.29, 1.82) is 0 Å². The zero-order chi connectivity index (χ0) is 19.5. The highest BCUT2D eigenvalue weighted by atomic mass is 35.5. The standard InChI is InChI=1S/C21H33ClO5/c1-2-12-25-20(24)10-6-4-3-5-9-16-17(15-23)19(14-18(16)22)27-21-11-7-8-13-26-21/h2-3,5,16-19,21,23H,1,4,6-15H2/t16-,17-,18-,19-,21?/m1/s1. The van der Waals surface area contributed by atoms with Gasteiger partial charge >= 0.3 is 5.97 Å². The van der Waals surface area contributed by atoms with Gasteiger partial charge in [0.25, 0.3) is 0 Å². The second kappa shape index (κ2) is 12.6. The van der Waals surface area contributed by atoms with Crippen molar-refractivity contribution in [2.24, 2.45) is 11.8 Å². The monoisotopic (exact) mass is 400 g/mol. The molecule has 0 spiro atoms. The number of carbonyl (C=O) groups excluding carboxylic acids is 1. The average Bonchev–Trinajstić information content (AvgIpc) is 2.97. The minimum Gasteiger partial charge on any atom is -0.461 e. The van der Waals surface area contributed by atoms with E-state index in [1.54, 1.807) is 6.08 Å². The number of allylic oxidation sites excluding steroid dienone is 2. The van der Waals surface area contributed by atoms with E-state index in [1.807, 2.05) is 0 Å². The fourth-order valence-corrected chi connectivity index (χ4v) is 4.29. The maximum atomic E-state index is 11.4. The SMILES string of the molecule is C=CCOC(=O)CCCC=CC[C@@H]1[C@@H](CO)[C@H](OC2CCCCO2)C[C@H]1Cl. The van der Waals surface area contributed by atoms with Gasteiger partial charge in [-0.05, 0) is 50.9 Å².